The van der Waals surface area contributed by atoms with Crippen LogP contribution in [0.2, 0.25) is 0 Å². The molecule has 0 radical (unpaired) electrons. The van der Waals surface area contributed by atoms with Crippen molar-refractivity contribution in [2.24, 2.45) is 11.8 Å². The Morgan fingerprint density at radius 2 is 1.74 bits per heavy atom. The summed E-state index contributed by atoms with van der Waals surface area (Å²) in [6.45, 7) is 1.21. The van der Waals surface area contributed by atoms with Gasteiger partial charge in [0.25, 0.3) is 0 Å². The van der Waals surface area contributed by atoms with Gasteiger partial charge >= 0.3 is 0 Å². The molecule has 2 aliphatic rings. The molecule has 0 unspecified atom stereocenters. The highest BCUT2D eigenvalue weighted by molar-refractivity contribution is 5.81. The van der Waals surface area contributed by atoms with Crippen molar-refractivity contribution < 1.29 is 9.59 Å². The lowest BCUT2D eigenvalue weighted by atomic mass is 9.81. The van der Waals surface area contributed by atoms with E-state index in [9.17, 15) is 9.59 Å². The monoisotopic (exact) mass is 369 g/mol. The molecule has 0 aromatic carbocycles. The van der Waals surface area contributed by atoms with Crippen LogP contribution in [0.3, 0.4) is 0 Å². The summed E-state index contributed by atoms with van der Waals surface area (Å²) >= 11 is 0. The normalized spacial score (nSPS) is 22.6. The van der Waals surface area contributed by atoms with Crippen molar-refractivity contribution in [3.8, 4) is 0 Å². The van der Waals surface area contributed by atoms with E-state index in [1.165, 1.54) is 31.3 Å². The predicted octanol–water partition coefficient (Wildman–Crippen LogP) is 3.51. The molecule has 146 valence electrons. The van der Waals surface area contributed by atoms with Gasteiger partial charge in [-0.2, -0.15) is 0 Å². The van der Waals surface area contributed by atoms with Gasteiger partial charge in [0.05, 0.1) is 12.2 Å². The van der Waals surface area contributed by atoms with Gasteiger partial charge in [-0.15, -0.1) is 0 Å². The van der Waals surface area contributed by atoms with E-state index in [2.05, 4.69) is 21.7 Å². The number of pyridine rings is 1. The molecule has 0 aliphatic heterocycles. The van der Waals surface area contributed by atoms with E-state index in [-0.39, 0.29) is 23.7 Å². The first-order valence-electron chi connectivity index (χ1n) is 10.4. The van der Waals surface area contributed by atoms with Crippen LogP contribution < -0.4 is 10.6 Å². The Hall–Kier alpha value is -2.17. The van der Waals surface area contributed by atoms with Gasteiger partial charge in [0.2, 0.25) is 11.8 Å². The van der Waals surface area contributed by atoms with Gasteiger partial charge in [-0.1, -0.05) is 17.7 Å². The lowest BCUT2D eigenvalue weighted by Crippen LogP contribution is -2.37. The SMILES string of the molecule is O=C(NCCC1=CCCCC1)C1CCC(C(=O)NCc2ccccn2)CC1. The second-order valence-corrected chi connectivity index (χ2v) is 7.74. The summed E-state index contributed by atoms with van der Waals surface area (Å²) in [6, 6.07) is 5.69. The van der Waals surface area contributed by atoms with E-state index >= 15 is 0 Å². The summed E-state index contributed by atoms with van der Waals surface area (Å²) in [7, 11) is 0. The average molecular weight is 370 g/mol. The summed E-state index contributed by atoms with van der Waals surface area (Å²) in [6.07, 6.45) is 13.2. The second kappa shape index (κ2) is 10.2. The number of allylic oxidation sites excluding steroid dienone is 1. The van der Waals surface area contributed by atoms with Gasteiger partial charge in [0, 0.05) is 24.6 Å². The number of hydrogen-bond acceptors (Lipinski definition) is 3. The third-order valence-corrected chi connectivity index (χ3v) is 5.77. The van der Waals surface area contributed by atoms with Gasteiger partial charge in [0.15, 0.2) is 0 Å². The van der Waals surface area contributed by atoms with E-state index in [1.54, 1.807) is 6.20 Å². The van der Waals surface area contributed by atoms with Crippen LogP contribution in [0.4, 0.5) is 0 Å². The van der Waals surface area contributed by atoms with Gasteiger partial charge < -0.3 is 10.6 Å². The molecule has 0 spiro atoms. The molecule has 5 heteroatoms. The molecule has 2 amide bonds. The summed E-state index contributed by atoms with van der Waals surface area (Å²) in [5.41, 5.74) is 2.36. The molecular weight excluding hydrogens is 338 g/mol. The third-order valence-electron chi connectivity index (χ3n) is 5.77. The van der Waals surface area contributed by atoms with Crippen molar-refractivity contribution in [3.63, 3.8) is 0 Å². The number of aromatic nitrogens is 1. The molecule has 1 aromatic rings. The Balaban J connectivity index is 1.33. The van der Waals surface area contributed by atoms with Crippen molar-refractivity contribution in [2.75, 3.05) is 6.54 Å². The van der Waals surface area contributed by atoms with Gasteiger partial charge in [0.1, 0.15) is 0 Å². The van der Waals surface area contributed by atoms with Crippen LogP contribution in [0.15, 0.2) is 36.0 Å². The number of rotatable bonds is 7. The smallest absolute Gasteiger partial charge is 0.223 e. The lowest BCUT2D eigenvalue weighted by Gasteiger charge is -2.27. The molecule has 27 heavy (non-hydrogen) atoms. The molecular formula is C22H31N3O2. The van der Waals surface area contributed by atoms with Crippen LogP contribution in [0.1, 0.15) is 63.5 Å². The fourth-order valence-electron chi connectivity index (χ4n) is 4.06. The number of carbonyl (C=O) groups excluding carboxylic acids is 2. The maximum atomic E-state index is 12.4. The van der Waals surface area contributed by atoms with Crippen LogP contribution in [-0.4, -0.2) is 23.3 Å². The highest BCUT2D eigenvalue weighted by Gasteiger charge is 2.29. The first kappa shape index (κ1) is 19.6. The molecule has 1 fully saturated rings. The summed E-state index contributed by atoms with van der Waals surface area (Å²) in [5.74, 6) is 0.331. The molecule has 3 rings (SSSR count). The Kier molecular flexibility index (Phi) is 7.43. The zero-order chi connectivity index (χ0) is 18.9. The van der Waals surface area contributed by atoms with Crippen LogP contribution in [0.25, 0.3) is 0 Å². The van der Waals surface area contributed by atoms with Gasteiger partial charge in [-0.05, 0) is 69.9 Å². The van der Waals surface area contributed by atoms with Crippen molar-refractivity contribution in [3.05, 3.63) is 41.7 Å². The highest BCUT2D eigenvalue weighted by Crippen LogP contribution is 2.29. The zero-order valence-electron chi connectivity index (χ0n) is 16.1. The molecule has 0 bridgehead atoms. The largest absolute Gasteiger partial charge is 0.356 e. The summed E-state index contributed by atoms with van der Waals surface area (Å²) < 4.78 is 0. The van der Waals surface area contributed by atoms with Crippen molar-refractivity contribution in [1.82, 2.24) is 15.6 Å². The first-order valence-corrected chi connectivity index (χ1v) is 10.4. The Morgan fingerprint density at radius 1 is 1.00 bits per heavy atom. The van der Waals surface area contributed by atoms with Crippen molar-refractivity contribution in [2.45, 2.75) is 64.3 Å². The number of carbonyl (C=O) groups is 2. The molecule has 1 saturated carbocycles. The molecule has 5 nitrogen and oxygen atoms in total. The maximum Gasteiger partial charge on any atom is 0.223 e. The quantitative estimate of drug-likeness (QED) is 0.723. The van der Waals surface area contributed by atoms with E-state index in [1.807, 2.05) is 18.2 Å². The minimum Gasteiger partial charge on any atom is -0.356 e. The Morgan fingerprint density at radius 3 is 2.37 bits per heavy atom. The molecule has 2 N–H and O–H groups in total. The molecule has 2 aliphatic carbocycles. The third kappa shape index (κ3) is 6.19. The minimum atomic E-state index is 0.0187. The summed E-state index contributed by atoms with van der Waals surface area (Å²) in [4.78, 5) is 29.0. The molecule has 1 heterocycles. The number of nitrogens with zero attached hydrogens (tertiary/aromatic N) is 1. The van der Waals surface area contributed by atoms with E-state index in [4.69, 9.17) is 0 Å². The number of nitrogens with one attached hydrogen (secondary N) is 2. The fraction of sp³-hybridized carbons (Fsp3) is 0.591. The van der Waals surface area contributed by atoms with E-state index < -0.39 is 0 Å². The maximum absolute atomic E-state index is 12.4. The molecule has 0 atom stereocenters. The summed E-state index contributed by atoms with van der Waals surface area (Å²) in [5, 5.41) is 6.08. The standard InChI is InChI=1S/C22H31N3O2/c26-21(24-15-13-17-6-2-1-3-7-17)18-9-11-19(12-10-18)22(27)25-16-20-8-4-5-14-23-20/h4-6,8,14,18-19H,1-3,7,9-13,15-16H2,(H,24,26)(H,25,27). The average Bonchev–Trinajstić information content (AvgIpc) is 2.73. The van der Waals surface area contributed by atoms with Crippen LogP contribution >= 0.6 is 0 Å². The number of hydrogen-bond donors (Lipinski definition) is 2. The van der Waals surface area contributed by atoms with Crippen LogP contribution in [0, 0.1) is 11.8 Å². The van der Waals surface area contributed by atoms with Gasteiger partial charge in [-0.3, -0.25) is 14.6 Å². The topological polar surface area (TPSA) is 71.1 Å². The lowest BCUT2D eigenvalue weighted by molar-refractivity contribution is -0.130. The van der Waals surface area contributed by atoms with Crippen LogP contribution in [0.5, 0.6) is 0 Å². The minimum absolute atomic E-state index is 0.0187. The van der Waals surface area contributed by atoms with Gasteiger partial charge in [-0.25, -0.2) is 0 Å². The Labute approximate surface area is 162 Å². The first-order chi connectivity index (χ1) is 13.2. The van der Waals surface area contributed by atoms with E-state index in [0.29, 0.717) is 6.54 Å². The van der Waals surface area contributed by atoms with E-state index in [0.717, 1.165) is 44.3 Å². The second-order valence-electron chi connectivity index (χ2n) is 7.74. The molecule has 1 aromatic heterocycles. The fourth-order valence-corrected chi connectivity index (χ4v) is 4.06. The Bertz CT molecular complexity index is 649. The van der Waals surface area contributed by atoms with Crippen molar-refractivity contribution >= 4 is 11.8 Å². The van der Waals surface area contributed by atoms with Crippen molar-refractivity contribution in [1.29, 1.82) is 0 Å². The number of amides is 2. The zero-order valence-corrected chi connectivity index (χ0v) is 16.1. The van der Waals surface area contributed by atoms with Crippen LogP contribution in [-0.2, 0) is 16.1 Å². The predicted molar refractivity (Wildman–Crippen MR) is 106 cm³/mol. The molecule has 0 saturated heterocycles. The highest BCUT2D eigenvalue weighted by atomic mass is 16.2.